The highest BCUT2D eigenvalue weighted by Gasteiger charge is 2.41. The van der Waals surface area contributed by atoms with Crippen LogP contribution in [-0.4, -0.2) is 63.8 Å². The van der Waals surface area contributed by atoms with Crippen LogP contribution in [-0.2, 0) is 52.7 Å². The van der Waals surface area contributed by atoms with Crippen molar-refractivity contribution in [2.75, 3.05) is 44.2 Å². The van der Waals surface area contributed by atoms with E-state index in [1.165, 1.54) is 26.7 Å². The van der Waals surface area contributed by atoms with Gasteiger partial charge in [-0.25, -0.2) is 0 Å². The first-order valence-corrected chi connectivity index (χ1v) is 18.4. The van der Waals surface area contributed by atoms with Crippen LogP contribution in [0.3, 0.4) is 0 Å². The van der Waals surface area contributed by atoms with Gasteiger partial charge < -0.3 is 33.9 Å². The van der Waals surface area contributed by atoms with Gasteiger partial charge in [0, 0.05) is 52.8 Å². The number of benzene rings is 3. The number of aryl methyl sites for hydroxylation is 2. The van der Waals surface area contributed by atoms with Crippen molar-refractivity contribution in [3.63, 3.8) is 0 Å². The number of anilines is 2. The van der Waals surface area contributed by atoms with Crippen LogP contribution in [0.2, 0.25) is 5.02 Å². The molecule has 1 aliphatic heterocycles. The topological polar surface area (TPSA) is 130 Å². The molecule has 2 aliphatic rings. The third-order valence-electron chi connectivity index (χ3n) is 9.49. The molecule has 2 amide bonds. The van der Waals surface area contributed by atoms with Gasteiger partial charge in [-0.05, 0) is 92.1 Å². The van der Waals surface area contributed by atoms with Crippen LogP contribution in [0.4, 0.5) is 11.4 Å². The van der Waals surface area contributed by atoms with E-state index in [0.29, 0.717) is 52.1 Å². The number of ether oxygens (including phenoxy) is 5. The number of carbonyl (C=O) groups excluding carboxylic acids is 4. The van der Waals surface area contributed by atoms with Crippen molar-refractivity contribution in [1.29, 1.82) is 0 Å². The monoisotopic (exact) mass is 748 g/mol. The Kier molecular flexibility index (Phi) is 13.1. The van der Waals surface area contributed by atoms with E-state index >= 15 is 0 Å². The summed E-state index contributed by atoms with van der Waals surface area (Å²) in [4.78, 5) is 54.2. The highest BCUT2D eigenvalue weighted by Crippen LogP contribution is 2.46. The second-order valence-electron chi connectivity index (χ2n) is 14.2. The number of para-hydroxylation sites is 1. The van der Waals surface area contributed by atoms with E-state index < -0.39 is 35.4 Å². The lowest BCUT2D eigenvalue weighted by Gasteiger charge is -2.33. The molecule has 1 N–H and O–H groups in total. The number of fused-ring (bicyclic) bond motifs is 2. The number of carbonyl (C=O) groups is 4. The highest BCUT2D eigenvalue weighted by atomic mass is 35.5. The van der Waals surface area contributed by atoms with Crippen molar-refractivity contribution in [2.45, 2.75) is 84.8 Å². The maximum Gasteiger partial charge on any atom is 0.306 e. The molecule has 0 saturated heterocycles. The SMILES string of the molecule is CCOC(=O)CCc1cc(NC(=O)C[C@H]2O[C@H](c3cccc(OC)c3OC)c3cc(Cl)ccc3N(CC(C)(C)COC(C)=O)C2=O)cc2c1CCCC2. The van der Waals surface area contributed by atoms with E-state index in [1.54, 1.807) is 42.2 Å². The molecule has 53 heavy (non-hydrogen) atoms. The Labute approximate surface area is 316 Å². The Bertz CT molecular complexity index is 1840. The van der Waals surface area contributed by atoms with E-state index in [1.807, 2.05) is 32.0 Å². The number of hydrogen-bond acceptors (Lipinski definition) is 9. The second kappa shape index (κ2) is 17.5. The van der Waals surface area contributed by atoms with Gasteiger partial charge in [-0.3, -0.25) is 19.2 Å². The summed E-state index contributed by atoms with van der Waals surface area (Å²) < 4.78 is 28.6. The fourth-order valence-corrected chi connectivity index (χ4v) is 7.28. The Hall–Kier alpha value is -4.61. The fraction of sp³-hybridized carbons (Fsp3) is 0.463. The number of nitrogens with zero attached hydrogens (tertiary/aromatic N) is 1. The third kappa shape index (κ3) is 9.69. The van der Waals surface area contributed by atoms with E-state index in [9.17, 15) is 19.2 Å². The molecule has 0 fully saturated rings. The lowest BCUT2D eigenvalue weighted by Crippen LogP contribution is -2.46. The Balaban J connectivity index is 1.52. The zero-order chi connectivity index (χ0) is 38.3. The van der Waals surface area contributed by atoms with Crippen LogP contribution in [0.15, 0.2) is 48.5 Å². The Morgan fingerprint density at radius 2 is 1.77 bits per heavy atom. The van der Waals surface area contributed by atoms with Crippen LogP contribution in [0.25, 0.3) is 0 Å². The number of halogens is 1. The molecule has 284 valence electrons. The molecule has 11 nitrogen and oxygen atoms in total. The summed E-state index contributed by atoms with van der Waals surface area (Å²) in [5.74, 6) is -0.677. The number of esters is 2. The molecule has 1 aliphatic carbocycles. The average molecular weight is 749 g/mol. The van der Waals surface area contributed by atoms with Gasteiger partial charge in [-0.15, -0.1) is 0 Å². The van der Waals surface area contributed by atoms with E-state index in [4.69, 9.17) is 35.3 Å². The maximum atomic E-state index is 14.7. The first-order chi connectivity index (χ1) is 25.3. The van der Waals surface area contributed by atoms with E-state index in [-0.39, 0.29) is 32.0 Å². The normalized spacial score (nSPS) is 16.9. The van der Waals surface area contributed by atoms with Crippen molar-refractivity contribution in [3.8, 4) is 11.5 Å². The largest absolute Gasteiger partial charge is 0.493 e. The average Bonchev–Trinajstić information content (AvgIpc) is 3.22. The smallest absolute Gasteiger partial charge is 0.306 e. The van der Waals surface area contributed by atoms with Gasteiger partial charge in [0.05, 0.1) is 33.9 Å². The van der Waals surface area contributed by atoms with Crippen LogP contribution < -0.4 is 19.7 Å². The van der Waals surface area contributed by atoms with Crippen molar-refractivity contribution in [2.24, 2.45) is 5.41 Å². The molecule has 0 spiro atoms. The number of methoxy groups -OCH3 is 2. The molecule has 3 aromatic carbocycles. The van der Waals surface area contributed by atoms with Gasteiger partial charge in [0.25, 0.3) is 5.91 Å². The van der Waals surface area contributed by atoms with Crippen molar-refractivity contribution in [3.05, 3.63) is 81.4 Å². The summed E-state index contributed by atoms with van der Waals surface area (Å²) >= 11 is 6.58. The molecule has 0 saturated carbocycles. The minimum atomic E-state index is -1.24. The summed E-state index contributed by atoms with van der Waals surface area (Å²) in [6.45, 7) is 7.43. The van der Waals surface area contributed by atoms with Crippen LogP contribution in [0, 0.1) is 5.41 Å². The van der Waals surface area contributed by atoms with Crippen molar-refractivity contribution in [1.82, 2.24) is 0 Å². The minimum absolute atomic E-state index is 0.0605. The molecule has 0 bridgehead atoms. The predicted octanol–water partition coefficient (Wildman–Crippen LogP) is 7.17. The van der Waals surface area contributed by atoms with E-state index in [2.05, 4.69) is 5.32 Å². The van der Waals surface area contributed by atoms with E-state index in [0.717, 1.165) is 36.8 Å². The lowest BCUT2D eigenvalue weighted by molar-refractivity contribution is -0.144. The number of rotatable bonds is 14. The van der Waals surface area contributed by atoms with Gasteiger partial charge in [-0.1, -0.05) is 37.6 Å². The Morgan fingerprint density at radius 3 is 2.49 bits per heavy atom. The second-order valence-corrected chi connectivity index (χ2v) is 14.6. The molecule has 0 unspecified atom stereocenters. The molecular weight excluding hydrogens is 700 g/mol. The number of hydrogen-bond donors (Lipinski definition) is 1. The van der Waals surface area contributed by atoms with Gasteiger partial charge in [0.15, 0.2) is 11.5 Å². The predicted molar refractivity (Wildman–Crippen MR) is 202 cm³/mol. The standard InChI is InChI=1S/C41H49ClN2O9/c1-7-51-37(47)18-15-27-20-29(19-26-11-8-9-12-30(26)27)43-36(46)22-35-40(48)44(23-41(3,4)24-52-25(2)45)33-17-16-28(42)21-32(33)38(53-35)31-13-10-14-34(49-5)39(31)50-6/h10,13-14,16-17,19-21,35,38H,7-9,11-12,15,18,22-24H2,1-6H3,(H,43,46)/t35-,38-/m1/s1. The van der Waals surface area contributed by atoms with Gasteiger partial charge >= 0.3 is 11.9 Å². The van der Waals surface area contributed by atoms with Crippen LogP contribution in [0.1, 0.15) is 87.3 Å². The van der Waals surface area contributed by atoms with Crippen LogP contribution >= 0.6 is 11.6 Å². The molecule has 1 heterocycles. The zero-order valence-corrected chi connectivity index (χ0v) is 32.1. The number of nitrogens with one attached hydrogen (secondary N) is 1. The fourth-order valence-electron chi connectivity index (χ4n) is 7.10. The highest BCUT2D eigenvalue weighted by molar-refractivity contribution is 6.30. The molecular formula is C41H49ClN2O9. The first kappa shape index (κ1) is 39.6. The quantitative estimate of drug-likeness (QED) is 0.171. The molecule has 3 aromatic rings. The van der Waals surface area contributed by atoms with Crippen molar-refractivity contribution < 1.29 is 42.9 Å². The van der Waals surface area contributed by atoms with Crippen LogP contribution in [0.5, 0.6) is 11.5 Å². The van der Waals surface area contributed by atoms with Gasteiger partial charge in [0.1, 0.15) is 12.2 Å². The minimum Gasteiger partial charge on any atom is -0.493 e. The molecule has 5 rings (SSSR count). The Morgan fingerprint density at radius 1 is 1.00 bits per heavy atom. The van der Waals surface area contributed by atoms with Gasteiger partial charge in [0.2, 0.25) is 5.91 Å². The number of amides is 2. The van der Waals surface area contributed by atoms with Crippen molar-refractivity contribution >= 4 is 46.7 Å². The molecule has 0 aromatic heterocycles. The summed E-state index contributed by atoms with van der Waals surface area (Å²) in [7, 11) is 3.06. The summed E-state index contributed by atoms with van der Waals surface area (Å²) in [6, 6.07) is 14.5. The zero-order valence-electron chi connectivity index (χ0n) is 31.3. The van der Waals surface area contributed by atoms with Gasteiger partial charge in [-0.2, -0.15) is 0 Å². The molecule has 2 atom stereocenters. The summed E-state index contributed by atoms with van der Waals surface area (Å²) in [6.07, 6.45) is 2.18. The maximum absolute atomic E-state index is 14.7. The summed E-state index contributed by atoms with van der Waals surface area (Å²) in [5, 5.41) is 3.45. The summed E-state index contributed by atoms with van der Waals surface area (Å²) in [5.41, 5.74) is 4.99. The lowest BCUT2D eigenvalue weighted by atomic mass is 9.86. The first-order valence-electron chi connectivity index (χ1n) is 18.0. The third-order valence-corrected chi connectivity index (χ3v) is 9.72. The molecule has 12 heteroatoms. The molecule has 0 radical (unpaired) electrons.